The Kier molecular flexibility index (Phi) is 4.46. The van der Waals surface area contributed by atoms with Crippen molar-refractivity contribution in [2.75, 3.05) is 0 Å². The van der Waals surface area contributed by atoms with Gasteiger partial charge >= 0.3 is 0 Å². The summed E-state index contributed by atoms with van der Waals surface area (Å²) in [7, 11) is -3.92. The number of hydrogen-bond donors (Lipinski definition) is 2. The van der Waals surface area contributed by atoms with E-state index in [9.17, 15) is 18.3 Å². The molecule has 3 rings (SSSR count). The smallest absolute Gasteiger partial charge is 0.268 e. The number of amides is 1. The van der Waals surface area contributed by atoms with Gasteiger partial charge in [-0.05, 0) is 44.2 Å². The number of benzene rings is 2. The van der Waals surface area contributed by atoms with Gasteiger partial charge in [-0.3, -0.25) is 4.79 Å². The Morgan fingerprint density at radius 3 is 2.38 bits per heavy atom. The summed E-state index contributed by atoms with van der Waals surface area (Å²) in [6, 6.07) is 11.4. The maximum Gasteiger partial charge on any atom is 0.268 e. The van der Waals surface area contributed by atoms with E-state index in [0.717, 1.165) is 9.54 Å². The average Bonchev–Trinajstić information content (AvgIpc) is 2.95. The zero-order valence-electron chi connectivity index (χ0n) is 14.1. The fourth-order valence-corrected chi connectivity index (χ4v) is 4.45. The summed E-state index contributed by atoms with van der Waals surface area (Å²) >= 11 is 3.33. The molecule has 0 saturated carbocycles. The second kappa shape index (κ2) is 6.22. The van der Waals surface area contributed by atoms with Crippen molar-refractivity contribution in [3.63, 3.8) is 0 Å². The molecule has 0 aliphatic heterocycles. The first-order valence-electron chi connectivity index (χ1n) is 7.71. The molecule has 26 heavy (non-hydrogen) atoms. The van der Waals surface area contributed by atoms with Gasteiger partial charge in [-0.1, -0.05) is 33.6 Å². The largest absolute Gasteiger partial charge is 0.375 e. The number of aromatic nitrogens is 1. The van der Waals surface area contributed by atoms with Crippen LogP contribution >= 0.6 is 15.9 Å². The molecule has 1 amide bonds. The van der Waals surface area contributed by atoms with E-state index in [2.05, 4.69) is 15.9 Å². The Labute approximate surface area is 159 Å². The summed E-state index contributed by atoms with van der Waals surface area (Å²) in [6.07, 6.45) is 1.25. The van der Waals surface area contributed by atoms with Gasteiger partial charge in [0, 0.05) is 21.6 Å². The van der Waals surface area contributed by atoms with E-state index in [0.29, 0.717) is 15.4 Å². The van der Waals surface area contributed by atoms with Crippen molar-refractivity contribution < 1.29 is 18.3 Å². The highest BCUT2D eigenvalue weighted by molar-refractivity contribution is 9.10. The number of fused-ring (bicyclic) bond motifs is 1. The number of hydrogen-bond acceptors (Lipinski definition) is 4. The van der Waals surface area contributed by atoms with Crippen LogP contribution in [0.2, 0.25) is 0 Å². The van der Waals surface area contributed by atoms with Crippen LogP contribution in [0.4, 0.5) is 0 Å². The summed E-state index contributed by atoms with van der Waals surface area (Å²) in [6.45, 7) is 3.11. The monoisotopic (exact) mass is 436 g/mol. The molecule has 0 aliphatic carbocycles. The maximum atomic E-state index is 13.1. The van der Waals surface area contributed by atoms with Crippen LogP contribution in [-0.4, -0.2) is 23.4 Å². The molecule has 0 spiro atoms. The molecule has 0 saturated heterocycles. The number of rotatable bonds is 4. The summed E-state index contributed by atoms with van der Waals surface area (Å²) in [5.74, 6) is -0.968. The number of aliphatic hydroxyl groups is 1. The molecule has 3 aromatic rings. The van der Waals surface area contributed by atoms with Crippen LogP contribution in [0.3, 0.4) is 0 Å². The van der Waals surface area contributed by atoms with Crippen LogP contribution in [0, 0.1) is 6.92 Å². The van der Waals surface area contributed by atoms with Gasteiger partial charge in [0.15, 0.2) is 5.60 Å². The Morgan fingerprint density at radius 2 is 1.81 bits per heavy atom. The van der Waals surface area contributed by atoms with Crippen molar-refractivity contribution >= 4 is 42.8 Å². The lowest BCUT2D eigenvalue weighted by molar-refractivity contribution is -0.135. The number of primary amides is 1. The van der Waals surface area contributed by atoms with Gasteiger partial charge in [0.1, 0.15) is 0 Å². The summed E-state index contributed by atoms with van der Waals surface area (Å²) < 4.78 is 28.0. The molecule has 0 fully saturated rings. The Hall–Kier alpha value is -2.16. The van der Waals surface area contributed by atoms with E-state index in [-0.39, 0.29) is 10.5 Å². The second-order valence-corrected chi connectivity index (χ2v) is 8.99. The number of halogens is 1. The molecule has 8 heteroatoms. The molecular weight excluding hydrogens is 420 g/mol. The highest BCUT2D eigenvalue weighted by atomic mass is 79.9. The van der Waals surface area contributed by atoms with Crippen LogP contribution in [0.15, 0.2) is 58.0 Å². The molecule has 2 aromatic carbocycles. The fourth-order valence-electron chi connectivity index (χ4n) is 2.72. The van der Waals surface area contributed by atoms with Crippen LogP contribution in [0.25, 0.3) is 10.9 Å². The van der Waals surface area contributed by atoms with E-state index >= 15 is 0 Å². The van der Waals surface area contributed by atoms with E-state index in [4.69, 9.17) is 5.73 Å². The highest BCUT2D eigenvalue weighted by Gasteiger charge is 2.35. The van der Waals surface area contributed by atoms with Crippen molar-refractivity contribution in [3.05, 3.63) is 64.3 Å². The Balaban J connectivity index is 2.34. The number of nitrogens with two attached hydrogens (primary N) is 1. The van der Waals surface area contributed by atoms with Gasteiger partial charge < -0.3 is 10.8 Å². The summed E-state index contributed by atoms with van der Waals surface area (Å²) in [5.41, 5.74) is 4.69. The molecule has 1 atom stereocenters. The maximum absolute atomic E-state index is 13.1. The standard InChI is InChI=1S/C18H17BrN2O4S/c1-11-3-6-13(7-4-11)26(24,25)21-10-15(18(2,23)17(20)22)14-9-12(19)5-8-16(14)21/h3-10,23H,1-2H3,(H2,20,22). The average molecular weight is 437 g/mol. The first-order chi connectivity index (χ1) is 12.0. The van der Waals surface area contributed by atoms with E-state index in [1.807, 2.05) is 6.92 Å². The van der Waals surface area contributed by atoms with Gasteiger partial charge in [-0.25, -0.2) is 12.4 Å². The number of carbonyl (C=O) groups is 1. The van der Waals surface area contributed by atoms with Crippen LogP contribution < -0.4 is 5.73 Å². The minimum absolute atomic E-state index is 0.105. The minimum atomic E-state index is -3.92. The van der Waals surface area contributed by atoms with Crippen LogP contribution in [0.5, 0.6) is 0 Å². The van der Waals surface area contributed by atoms with Crippen LogP contribution in [0.1, 0.15) is 18.1 Å². The first-order valence-corrected chi connectivity index (χ1v) is 9.94. The quantitative estimate of drug-likeness (QED) is 0.655. The summed E-state index contributed by atoms with van der Waals surface area (Å²) in [4.78, 5) is 11.8. The van der Waals surface area contributed by atoms with Gasteiger partial charge in [-0.15, -0.1) is 0 Å². The van der Waals surface area contributed by atoms with E-state index in [1.165, 1.54) is 25.3 Å². The molecule has 136 valence electrons. The molecule has 1 heterocycles. The first kappa shape index (κ1) is 18.6. The minimum Gasteiger partial charge on any atom is -0.375 e. The number of nitrogens with zero attached hydrogens (tertiary/aromatic N) is 1. The van der Waals surface area contributed by atoms with Crippen molar-refractivity contribution in [2.24, 2.45) is 5.73 Å². The third-order valence-corrected chi connectivity index (χ3v) is 6.50. The third-order valence-electron chi connectivity index (χ3n) is 4.31. The fraction of sp³-hybridized carbons (Fsp3) is 0.167. The lowest BCUT2D eigenvalue weighted by Gasteiger charge is -2.18. The predicted octanol–water partition coefficient (Wildman–Crippen LogP) is 2.64. The van der Waals surface area contributed by atoms with Crippen molar-refractivity contribution in [3.8, 4) is 0 Å². The van der Waals surface area contributed by atoms with Gasteiger partial charge in [0.05, 0.1) is 10.4 Å². The number of aryl methyl sites for hydroxylation is 1. The van der Waals surface area contributed by atoms with Gasteiger partial charge in [0.25, 0.3) is 15.9 Å². The molecule has 0 bridgehead atoms. The Morgan fingerprint density at radius 1 is 1.19 bits per heavy atom. The van der Waals surface area contributed by atoms with Crippen molar-refractivity contribution in [1.82, 2.24) is 3.97 Å². The lowest BCUT2D eigenvalue weighted by atomic mass is 9.95. The molecule has 0 radical (unpaired) electrons. The van der Waals surface area contributed by atoms with Gasteiger partial charge in [-0.2, -0.15) is 0 Å². The second-order valence-electron chi connectivity index (χ2n) is 6.25. The topological polar surface area (TPSA) is 102 Å². The normalized spacial score (nSPS) is 14.3. The zero-order chi connectivity index (χ0) is 19.3. The predicted molar refractivity (Wildman–Crippen MR) is 102 cm³/mol. The molecule has 1 aromatic heterocycles. The molecule has 1 unspecified atom stereocenters. The third kappa shape index (κ3) is 2.94. The van der Waals surface area contributed by atoms with Gasteiger partial charge in [0.2, 0.25) is 0 Å². The zero-order valence-corrected chi connectivity index (χ0v) is 16.5. The molecule has 0 aliphatic rings. The van der Waals surface area contributed by atoms with Crippen LogP contribution in [-0.2, 0) is 20.4 Å². The van der Waals surface area contributed by atoms with E-state index < -0.39 is 21.5 Å². The lowest BCUT2D eigenvalue weighted by Crippen LogP contribution is -2.38. The van der Waals surface area contributed by atoms with Crippen molar-refractivity contribution in [2.45, 2.75) is 24.3 Å². The molecule has 3 N–H and O–H groups in total. The Bertz CT molecular complexity index is 1120. The SMILES string of the molecule is Cc1ccc(S(=O)(=O)n2cc(C(C)(O)C(N)=O)c3cc(Br)ccc32)cc1. The van der Waals surface area contributed by atoms with Crippen molar-refractivity contribution in [1.29, 1.82) is 0 Å². The number of carbonyl (C=O) groups excluding carboxylic acids is 1. The highest BCUT2D eigenvalue weighted by Crippen LogP contribution is 2.34. The summed E-state index contributed by atoms with van der Waals surface area (Å²) in [5, 5.41) is 11.0. The van der Waals surface area contributed by atoms with E-state index in [1.54, 1.807) is 30.3 Å². The molecule has 6 nitrogen and oxygen atoms in total. The molecular formula is C18H17BrN2O4S.